The molecule has 0 bridgehead atoms. The molecular weight excluding hydrogens is 238 g/mol. The maximum atomic E-state index is 10.8. The Bertz CT molecular complexity index is 215. The van der Waals surface area contributed by atoms with Crippen LogP contribution in [0, 0.1) is 0 Å². The number of nitrogens with zero attached hydrogens (tertiary/aromatic N) is 1. The van der Waals surface area contributed by atoms with Crippen LogP contribution in [-0.4, -0.2) is 27.9 Å². The maximum Gasteiger partial charge on any atom is 0.0584 e. The van der Waals surface area contributed by atoms with Crippen molar-refractivity contribution < 1.29 is 4.21 Å². The van der Waals surface area contributed by atoms with Crippen LogP contribution in [0.4, 0.5) is 0 Å². The minimum absolute atomic E-state index is 0.604. The van der Waals surface area contributed by atoms with Crippen molar-refractivity contribution in [3.05, 3.63) is 0 Å². The van der Waals surface area contributed by atoms with E-state index in [0.29, 0.717) is 0 Å². The lowest BCUT2D eigenvalue weighted by atomic mass is 10.1. The van der Waals surface area contributed by atoms with E-state index < -0.39 is 10.8 Å². The van der Waals surface area contributed by atoms with Crippen LogP contribution >= 0.6 is 12.2 Å². The SMILES string of the molecule is C[S@](=O)CCCCCCCCCCN=C=S. The van der Waals surface area contributed by atoms with Crippen molar-refractivity contribution >= 4 is 28.2 Å². The zero-order valence-corrected chi connectivity index (χ0v) is 11.9. The van der Waals surface area contributed by atoms with Crippen LogP contribution in [0.5, 0.6) is 0 Å². The first-order valence-corrected chi connectivity index (χ1v) is 8.24. The summed E-state index contributed by atoms with van der Waals surface area (Å²) in [5.41, 5.74) is 0. The number of hydrogen-bond donors (Lipinski definition) is 0. The van der Waals surface area contributed by atoms with Crippen molar-refractivity contribution in [2.75, 3.05) is 18.6 Å². The van der Waals surface area contributed by atoms with Crippen LogP contribution in [0.25, 0.3) is 0 Å². The van der Waals surface area contributed by atoms with E-state index in [1.807, 2.05) is 0 Å². The van der Waals surface area contributed by atoms with Crippen molar-refractivity contribution in [3.63, 3.8) is 0 Å². The monoisotopic (exact) mass is 261 g/mol. The lowest BCUT2D eigenvalue weighted by Gasteiger charge is -2.00. The fourth-order valence-electron chi connectivity index (χ4n) is 1.60. The summed E-state index contributed by atoms with van der Waals surface area (Å²) < 4.78 is 10.8. The Labute approximate surface area is 107 Å². The van der Waals surface area contributed by atoms with Gasteiger partial charge in [0.25, 0.3) is 0 Å². The molecule has 0 rings (SSSR count). The molecule has 0 aliphatic rings. The zero-order valence-electron chi connectivity index (χ0n) is 10.2. The van der Waals surface area contributed by atoms with Crippen LogP contribution in [0.2, 0.25) is 0 Å². The number of rotatable bonds is 11. The second-order valence-corrected chi connectivity index (χ2v) is 5.82. The quantitative estimate of drug-likeness (QED) is 0.323. The Morgan fingerprint density at radius 3 is 2.00 bits per heavy atom. The maximum absolute atomic E-state index is 10.8. The fraction of sp³-hybridized carbons (Fsp3) is 0.917. The van der Waals surface area contributed by atoms with Gasteiger partial charge in [0.15, 0.2) is 0 Å². The third kappa shape index (κ3) is 13.9. The van der Waals surface area contributed by atoms with Crippen molar-refractivity contribution in [1.29, 1.82) is 0 Å². The predicted molar refractivity (Wildman–Crippen MR) is 75.8 cm³/mol. The third-order valence-corrected chi connectivity index (χ3v) is 3.51. The zero-order chi connectivity index (χ0) is 12.1. The van der Waals surface area contributed by atoms with Crippen LogP contribution in [0.15, 0.2) is 4.99 Å². The molecule has 0 aliphatic heterocycles. The minimum Gasteiger partial charge on any atom is -0.260 e. The van der Waals surface area contributed by atoms with Gasteiger partial charge in [-0.2, -0.15) is 0 Å². The largest absolute Gasteiger partial charge is 0.260 e. The Balaban J connectivity index is 2.98. The van der Waals surface area contributed by atoms with Gasteiger partial charge in [-0.3, -0.25) is 4.21 Å². The van der Waals surface area contributed by atoms with Gasteiger partial charge in [0.1, 0.15) is 0 Å². The predicted octanol–water partition coefficient (Wildman–Crippen LogP) is 3.59. The van der Waals surface area contributed by atoms with Crippen LogP contribution in [0.3, 0.4) is 0 Å². The lowest BCUT2D eigenvalue weighted by Crippen LogP contribution is -1.93. The second-order valence-electron chi connectivity index (χ2n) is 4.08. The summed E-state index contributed by atoms with van der Waals surface area (Å²) in [6, 6.07) is 0. The van der Waals surface area contributed by atoms with E-state index in [2.05, 4.69) is 22.4 Å². The third-order valence-electron chi connectivity index (χ3n) is 2.52. The van der Waals surface area contributed by atoms with Crippen molar-refractivity contribution in [1.82, 2.24) is 0 Å². The van der Waals surface area contributed by atoms with Crippen molar-refractivity contribution in [2.24, 2.45) is 4.99 Å². The Morgan fingerprint density at radius 1 is 1.00 bits per heavy atom. The average Bonchev–Trinajstić information content (AvgIpc) is 2.25. The average molecular weight is 261 g/mol. The summed E-state index contributed by atoms with van der Waals surface area (Å²) in [7, 11) is -0.604. The summed E-state index contributed by atoms with van der Waals surface area (Å²) in [6.45, 7) is 0.839. The molecule has 0 spiro atoms. The van der Waals surface area contributed by atoms with E-state index in [-0.39, 0.29) is 0 Å². The van der Waals surface area contributed by atoms with Crippen molar-refractivity contribution in [2.45, 2.75) is 51.4 Å². The van der Waals surface area contributed by atoms with E-state index in [1.54, 1.807) is 6.26 Å². The summed E-state index contributed by atoms with van der Waals surface area (Å²) in [5.74, 6) is 0.871. The lowest BCUT2D eigenvalue weighted by molar-refractivity contribution is 0.578. The highest BCUT2D eigenvalue weighted by Gasteiger charge is 1.93. The first-order chi connectivity index (χ1) is 7.77. The highest BCUT2D eigenvalue weighted by molar-refractivity contribution is 7.84. The molecule has 4 heteroatoms. The van der Waals surface area contributed by atoms with Crippen LogP contribution in [0.1, 0.15) is 51.4 Å². The van der Waals surface area contributed by atoms with E-state index in [0.717, 1.165) is 25.1 Å². The molecule has 0 radical (unpaired) electrons. The molecule has 16 heavy (non-hydrogen) atoms. The molecular formula is C12H23NOS2. The Hall–Kier alpha value is -0.0500. The van der Waals surface area contributed by atoms with Crippen LogP contribution in [-0.2, 0) is 10.8 Å². The molecule has 94 valence electrons. The molecule has 0 aromatic heterocycles. The van der Waals surface area contributed by atoms with Gasteiger partial charge in [0.2, 0.25) is 0 Å². The van der Waals surface area contributed by atoms with Gasteiger partial charge in [0.05, 0.1) is 5.16 Å². The molecule has 0 unspecified atom stereocenters. The molecule has 1 atom stereocenters. The first-order valence-electron chi connectivity index (χ1n) is 6.11. The number of thiocarbonyl (C=S) groups is 1. The number of unbranched alkanes of at least 4 members (excludes halogenated alkanes) is 7. The molecule has 0 amide bonds. The van der Waals surface area contributed by atoms with Gasteiger partial charge in [-0.15, -0.1) is 0 Å². The normalized spacial score (nSPS) is 12.1. The fourth-order valence-corrected chi connectivity index (χ4v) is 2.30. The van der Waals surface area contributed by atoms with Gasteiger partial charge in [-0.05, 0) is 25.1 Å². The summed E-state index contributed by atoms with van der Waals surface area (Å²) >= 11 is 4.49. The van der Waals surface area contributed by atoms with E-state index in [4.69, 9.17) is 0 Å². The molecule has 0 aromatic carbocycles. The molecule has 0 aromatic rings. The molecule has 0 aliphatic carbocycles. The Morgan fingerprint density at radius 2 is 1.50 bits per heavy atom. The summed E-state index contributed by atoms with van der Waals surface area (Å²) in [6.07, 6.45) is 11.7. The van der Waals surface area contributed by atoms with Gasteiger partial charge in [-0.25, -0.2) is 4.99 Å². The number of isothiocyanates is 1. The smallest absolute Gasteiger partial charge is 0.0584 e. The Kier molecular flexibility index (Phi) is 13.0. The van der Waals surface area contributed by atoms with Crippen LogP contribution < -0.4 is 0 Å². The van der Waals surface area contributed by atoms with Gasteiger partial charge < -0.3 is 0 Å². The minimum atomic E-state index is -0.604. The van der Waals surface area contributed by atoms with Gasteiger partial charge >= 0.3 is 0 Å². The molecule has 2 nitrogen and oxygen atoms in total. The molecule has 0 saturated carbocycles. The molecule has 0 heterocycles. The topological polar surface area (TPSA) is 29.4 Å². The molecule has 0 saturated heterocycles. The standard InChI is InChI=1S/C12H23NOS2/c1-16(14)11-9-7-5-3-2-4-6-8-10-13-12-15/h2-11H2,1H3/t16-/m0/s1. The van der Waals surface area contributed by atoms with E-state index >= 15 is 0 Å². The second kappa shape index (κ2) is 13.0. The summed E-state index contributed by atoms with van der Waals surface area (Å²) in [4.78, 5) is 3.88. The van der Waals surface area contributed by atoms with Gasteiger partial charge in [0, 0.05) is 29.4 Å². The first kappa shape index (κ1) is 16.0. The highest BCUT2D eigenvalue weighted by Crippen LogP contribution is 2.08. The van der Waals surface area contributed by atoms with Crippen molar-refractivity contribution in [3.8, 4) is 0 Å². The van der Waals surface area contributed by atoms with E-state index in [1.165, 1.54) is 38.5 Å². The molecule has 0 N–H and O–H groups in total. The molecule has 0 fully saturated rings. The summed E-state index contributed by atoms with van der Waals surface area (Å²) in [5, 5.41) is 2.39. The number of aliphatic imine (C=N–C) groups is 1. The highest BCUT2D eigenvalue weighted by atomic mass is 32.2. The van der Waals surface area contributed by atoms with E-state index in [9.17, 15) is 4.21 Å². The van der Waals surface area contributed by atoms with Gasteiger partial charge in [-0.1, -0.05) is 38.5 Å². The number of hydrogen-bond acceptors (Lipinski definition) is 3.